The van der Waals surface area contributed by atoms with Crippen LogP contribution in [0.4, 0.5) is 14.9 Å². The van der Waals surface area contributed by atoms with Crippen LogP contribution in [0.1, 0.15) is 28.1 Å². The van der Waals surface area contributed by atoms with Crippen LogP contribution in [-0.4, -0.2) is 29.1 Å². The van der Waals surface area contributed by atoms with Gasteiger partial charge in [-0.3, -0.25) is 4.68 Å². The Balaban J connectivity index is 1.32. The van der Waals surface area contributed by atoms with E-state index in [1.165, 1.54) is 12.1 Å². The van der Waals surface area contributed by atoms with E-state index in [4.69, 9.17) is 9.47 Å². The first kappa shape index (κ1) is 20.9. The second kappa shape index (κ2) is 9.18. The topological polar surface area (TPSA) is 77.4 Å². The molecule has 0 radical (unpaired) electrons. The number of hydrogen-bond donors (Lipinski definition) is 2. The normalized spacial score (nSPS) is 12.7. The van der Waals surface area contributed by atoms with Crippen molar-refractivity contribution in [2.75, 3.05) is 18.7 Å². The van der Waals surface area contributed by atoms with Crippen molar-refractivity contribution < 1.29 is 18.7 Å². The summed E-state index contributed by atoms with van der Waals surface area (Å²) in [6.07, 6.45) is 0.450. The average molecular weight is 424 g/mol. The van der Waals surface area contributed by atoms with Gasteiger partial charge in [-0.2, -0.15) is 5.10 Å². The number of aromatic nitrogens is 2. The monoisotopic (exact) mass is 424 g/mol. The van der Waals surface area contributed by atoms with Crippen molar-refractivity contribution in [3.63, 3.8) is 0 Å². The maximum atomic E-state index is 13.8. The van der Waals surface area contributed by atoms with Gasteiger partial charge >= 0.3 is 6.03 Å². The molecule has 162 valence electrons. The second-order valence-corrected chi connectivity index (χ2v) is 7.58. The molecule has 1 aliphatic heterocycles. The number of fused-ring (bicyclic) bond motifs is 1. The third-order valence-corrected chi connectivity index (χ3v) is 5.05. The van der Waals surface area contributed by atoms with Gasteiger partial charge < -0.3 is 20.1 Å². The zero-order valence-corrected chi connectivity index (χ0v) is 17.6. The van der Waals surface area contributed by atoms with Crippen molar-refractivity contribution in [1.29, 1.82) is 0 Å². The third-order valence-electron chi connectivity index (χ3n) is 5.05. The smallest absolute Gasteiger partial charge is 0.319 e. The highest BCUT2D eigenvalue weighted by Gasteiger charge is 2.17. The van der Waals surface area contributed by atoms with Crippen LogP contribution in [0.25, 0.3) is 0 Å². The quantitative estimate of drug-likeness (QED) is 0.629. The minimum Gasteiger partial charge on any atom is -0.467 e. The van der Waals surface area contributed by atoms with E-state index < -0.39 is 0 Å². The first-order valence-electron chi connectivity index (χ1n) is 10.1. The Hall–Kier alpha value is -3.39. The van der Waals surface area contributed by atoms with Crippen molar-refractivity contribution >= 4 is 11.7 Å². The molecule has 31 heavy (non-hydrogen) atoms. The predicted octanol–water partition coefficient (Wildman–Crippen LogP) is 3.92. The van der Waals surface area contributed by atoms with Gasteiger partial charge in [0, 0.05) is 23.5 Å². The Kier molecular flexibility index (Phi) is 6.18. The molecule has 0 saturated carbocycles. The summed E-state index contributed by atoms with van der Waals surface area (Å²) >= 11 is 0. The summed E-state index contributed by atoms with van der Waals surface area (Å²) in [5.74, 6) is 0.304. The summed E-state index contributed by atoms with van der Waals surface area (Å²) in [6.45, 7) is 5.42. The fourth-order valence-corrected chi connectivity index (χ4v) is 3.68. The molecule has 7 nitrogen and oxygen atoms in total. The molecule has 8 heteroatoms. The van der Waals surface area contributed by atoms with Crippen LogP contribution in [-0.2, 0) is 24.3 Å². The van der Waals surface area contributed by atoms with E-state index in [0.29, 0.717) is 48.7 Å². The molecule has 1 aromatic heterocycles. The van der Waals surface area contributed by atoms with Crippen molar-refractivity contribution in [1.82, 2.24) is 15.1 Å². The van der Waals surface area contributed by atoms with Crippen LogP contribution >= 0.6 is 0 Å². The summed E-state index contributed by atoms with van der Waals surface area (Å²) in [6, 6.07) is 12.2. The molecule has 4 rings (SSSR count). The van der Waals surface area contributed by atoms with E-state index in [1.807, 2.05) is 48.9 Å². The highest BCUT2D eigenvalue weighted by Crippen LogP contribution is 2.29. The van der Waals surface area contributed by atoms with Gasteiger partial charge in [-0.05, 0) is 61.7 Å². The summed E-state index contributed by atoms with van der Waals surface area (Å²) in [4.78, 5) is 12.3. The number of halogens is 1. The number of nitrogens with one attached hydrogen (secondary N) is 2. The Labute approximate surface area is 180 Å². The summed E-state index contributed by atoms with van der Waals surface area (Å²) in [5.41, 5.74) is 5.19. The molecular formula is C23H25FN4O3. The molecule has 0 aliphatic carbocycles. The molecule has 2 amide bonds. The zero-order chi connectivity index (χ0) is 21.8. The zero-order valence-electron chi connectivity index (χ0n) is 17.6. The lowest BCUT2D eigenvalue weighted by Gasteiger charge is -2.21. The first-order chi connectivity index (χ1) is 15.0. The number of aryl methyl sites for hydroxylation is 2. The molecule has 0 bridgehead atoms. The molecule has 0 saturated heterocycles. The van der Waals surface area contributed by atoms with Gasteiger partial charge in [0.05, 0.1) is 18.8 Å². The Morgan fingerprint density at radius 3 is 2.90 bits per heavy atom. The third kappa shape index (κ3) is 5.21. The summed E-state index contributed by atoms with van der Waals surface area (Å²) in [7, 11) is 0. The molecule has 3 aromatic rings. The van der Waals surface area contributed by atoms with E-state index in [1.54, 1.807) is 0 Å². The maximum absolute atomic E-state index is 13.8. The maximum Gasteiger partial charge on any atom is 0.319 e. The number of amides is 2. The van der Waals surface area contributed by atoms with E-state index in [-0.39, 0.29) is 18.6 Å². The molecule has 2 N–H and O–H groups in total. The minimum absolute atomic E-state index is 0.146. The number of anilines is 1. The van der Waals surface area contributed by atoms with Crippen LogP contribution in [0.15, 0.2) is 42.5 Å². The van der Waals surface area contributed by atoms with E-state index >= 15 is 0 Å². The SMILES string of the molecule is Cc1cc(C)n(Cc2cccc(NC(=O)NCCc3cc(F)cc4c3OCOC4)c2)n1. The number of hydrogen-bond acceptors (Lipinski definition) is 4. The van der Waals surface area contributed by atoms with Gasteiger partial charge in [-0.25, -0.2) is 9.18 Å². The number of urea groups is 1. The largest absolute Gasteiger partial charge is 0.467 e. The summed E-state index contributed by atoms with van der Waals surface area (Å²) in [5, 5.41) is 10.1. The van der Waals surface area contributed by atoms with Gasteiger partial charge in [-0.1, -0.05) is 12.1 Å². The number of rotatable bonds is 6. The number of nitrogens with zero attached hydrogens (tertiary/aromatic N) is 2. The van der Waals surface area contributed by atoms with E-state index in [0.717, 1.165) is 17.0 Å². The molecule has 1 aliphatic rings. The van der Waals surface area contributed by atoms with Crippen molar-refractivity contribution in [3.05, 3.63) is 76.4 Å². The van der Waals surface area contributed by atoms with Crippen molar-refractivity contribution in [2.45, 2.75) is 33.4 Å². The lowest BCUT2D eigenvalue weighted by atomic mass is 10.1. The highest BCUT2D eigenvalue weighted by molar-refractivity contribution is 5.89. The van der Waals surface area contributed by atoms with Crippen LogP contribution in [0.2, 0.25) is 0 Å². The Morgan fingerprint density at radius 2 is 2.10 bits per heavy atom. The Bertz CT molecular complexity index is 1100. The average Bonchev–Trinajstić information content (AvgIpc) is 3.04. The Morgan fingerprint density at radius 1 is 1.23 bits per heavy atom. The fraction of sp³-hybridized carbons (Fsp3) is 0.304. The molecule has 0 unspecified atom stereocenters. The number of carbonyl (C=O) groups excluding carboxylic acids is 1. The van der Waals surface area contributed by atoms with Crippen LogP contribution in [0.3, 0.4) is 0 Å². The molecule has 2 aromatic carbocycles. The predicted molar refractivity (Wildman–Crippen MR) is 115 cm³/mol. The lowest BCUT2D eigenvalue weighted by Crippen LogP contribution is -2.30. The number of carbonyl (C=O) groups is 1. The number of benzene rings is 2. The minimum atomic E-state index is -0.341. The van der Waals surface area contributed by atoms with E-state index in [9.17, 15) is 9.18 Å². The highest BCUT2D eigenvalue weighted by atomic mass is 19.1. The van der Waals surface area contributed by atoms with Gasteiger partial charge in [0.1, 0.15) is 11.6 Å². The van der Waals surface area contributed by atoms with Gasteiger partial charge in [0.2, 0.25) is 0 Å². The molecule has 0 fully saturated rings. The van der Waals surface area contributed by atoms with Gasteiger partial charge in [-0.15, -0.1) is 0 Å². The van der Waals surface area contributed by atoms with Crippen LogP contribution in [0, 0.1) is 19.7 Å². The second-order valence-electron chi connectivity index (χ2n) is 7.58. The molecular weight excluding hydrogens is 399 g/mol. The molecule has 0 spiro atoms. The summed E-state index contributed by atoms with van der Waals surface area (Å²) < 4.78 is 26.5. The van der Waals surface area contributed by atoms with Crippen molar-refractivity contribution in [2.24, 2.45) is 0 Å². The van der Waals surface area contributed by atoms with Crippen LogP contribution in [0.5, 0.6) is 5.75 Å². The van der Waals surface area contributed by atoms with Crippen molar-refractivity contribution in [3.8, 4) is 5.75 Å². The standard InChI is InChI=1S/C23H25FN4O3/c1-15-8-16(2)28(27-15)12-17-4-3-5-21(9-17)26-23(29)25-7-6-18-10-20(24)11-19-13-30-14-31-22(18)19/h3-5,8-11H,6-7,12-14H2,1-2H3,(H2,25,26,29). The number of ether oxygens (including phenoxy) is 2. The van der Waals surface area contributed by atoms with Gasteiger partial charge in [0.25, 0.3) is 0 Å². The fourth-order valence-electron chi connectivity index (χ4n) is 3.68. The molecule has 2 heterocycles. The van der Waals surface area contributed by atoms with Gasteiger partial charge in [0.15, 0.2) is 6.79 Å². The lowest BCUT2D eigenvalue weighted by molar-refractivity contribution is -0.0172. The van der Waals surface area contributed by atoms with Crippen LogP contribution < -0.4 is 15.4 Å². The molecule has 0 atom stereocenters. The first-order valence-corrected chi connectivity index (χ1v) is 10.1. The van der Waals surface area contributed by atoms with E-state index in [2.05, 4.69) is 15.7 Å².